The van der Waals surface area contributed by atoms with Crippen molar-refractivity contribution >= 4 is 34.8 Å². The summed E-state index contributed by atoms with van der Waals surface area (Å²) < 4.78 is 0. The number of rotatable bonds is 9. The Morgan fingerprint density at radius 1 is 1.00 bits per heavy atom. The molecule has 3 amide bonds. The first kappa shape index (κ1) is 22.4. The summed E-state index contributed by atoms with van der Waals surface area (Å²) in [5, 5.41) is 24.8. The number of nitrogen functional groups attached to an aromatic ring is 1. The lowest BCUT2D eigenvalue weighted by atomic mass is 10.0. The average Bonchev–Trinajstić information content (AvgIpc) is 3.18. The largest absolute Gasteiger partial charge is 0.465 e. The van der Waals surface area contributed by atoms with Crippen molar-refractivity contribution in [1.29, 1.82) is 0 Å². The maximum Gasteiger partial charge on any atom is 0.404 e. The van der Waals surface area contributed by atoms with Crippen molar-refractivity contribution in [3.05, 3.63) is 48.3 Å². The van der Waals surface area contributed by atoms with Gasteiger partial charge in [0.05, 0.1) is 11.0 Å². The molecule has 2 aromatic carbocycles. The zero-order chi connectivity index (χ0) is 23.1. The van der Waals surface area contributed by atoms with Gasteiger partial charge in [0.25, 0.3) is 5.91 Å². The van der Waals surface area contributed by atoms with Crippen molar-refractivity contribution in [2.24, 2.45) is 0 Å². The number of amides is 3. The number of aromatic nitrogens is 2. The summed E-state index contributed by atoms with van der Waals surface area (Å²) in [7, 11) is 0. The van der Waals surface area contributed by atoms with Crippen molar-refractivity contribution in [3.8, 4) is 11.1 Å². The molecule has 0 aliphatic heterocycles. The Balaban J connectivity index is 1.63. The second-order valence-electron chi connectivity index (χ2n) is 7.17. The molecule has 1 unspecified atom stereocenters. The minimum absolute atomic E-state index is 0.0337. The highest BCUT2D eigenvalue weighted by Gasteiger charge is 2.16. The molecule has 168 valence electrons. The van der Waals surface area contributed by atoms with Crippen LogP contribution in [-0.4, -0.2) is 57.4 Å². The molecule has 0 saturated heterocycles. The van der Waals surface area contributed by atoms with Crippen LogP contribution in [0.5, 0.6) is 0 Å². The molecular formula is C21H24N6O5. The van der Waals surface area contributed by atoms with E-state index < -0.39 is 24.1 Å². The number of aromatic amines is 1. The summed E-state index contributed by atoms with van der Waals surface area (Å²) in [5.74, 6) is -0.368. The Hall–Kier alpha value is -4.28. The number of carbonyl (C=O) groups excluding carboxylic acids is 1. The molecule has 0 aliphatic rings. The number of fused-ring (bicyclic) bond motifs is 1. The van der Waals surface area contributed by atoms with Crippen LogP contribution in [0.4, 0.5) is 15.3 Å². The molecule has 0 fully saturated rings. The summed E-state index contributed by atoms with van der Waals surface area (Å²) in [5.41, 5.74) is 9.62. The predicted molar refractivity (Wildman–Crippen MR) is 118 cm³/mol. The first-order valence-electron chi connectivity index (χ1n) is 9.92. The number of carbonyl (C=O) groups is 3. The minimum atomic E-state index is -1.23. The molecule has 0 bridgehead atoms. The standard InChI is InChI=1S/C21H24N6O5/c22-14-6-3-12(4-7-14)13-5-8-16-17(10-13)27-18(26-16)19(28)24-11-15(25-21(31)32)2-1-9-23-20(29)30/h3-8,10,15,23,25H,1-2,9,11,22H2,(H,24,28)(H,26,27)(H,29,30)(H,31,32). The molecule has 8 N–H and O–H groups in total. The van der Waals surface area contributed by atoms with E-state index >= 15 is 0 Å². The van der Waals surface area contributed by atoms with E-state index in [0.29, 0.717) is 29.6 Å². The third kappa shape index (κ3) is 6.11. The highest BCUT2D eigenvalue weighted by atomic mass is 16.4. The van der Waals surface area contributed by atoms with E-state index in [0.717, 1.165) is 11.1 Å². The maximum absolute atomic E-state index is 12.5. The van der Waals surface area contributed by atoms with Crippen LogP contribution in [0.25, 0.3) is 22.2 Å². The summed E-state index contributed by atoms with van der Waals surface area (Å²) >= 11 is 0. The van der Waals surface area contributed by atoms with Crippen LogP contribution in [0.1, 0.15) is 23.5 Å². The SMILES string of the molecule is Nc1ccc(-c2ccc3nc(C(=O)NCC(CCCNC(=O)O)NC(=O)O)[nH]c3c2)cc1. The fourth-order valence-corrected chi connectivity index (χ4v) is 3.22. The highest BCUT2D eigenvalue weighted by Crippen LogP contribution is 2.24. The van der Waals surface area contributed by atoms with Gasteiger partial charge in [-0.1, -0.05) is 18.2 Å². The number of benzene rings is 2. The summed E-state index contributed by atoms with van der Waals surface area (Å²) in [6.07, 6.45) is -1.62. The lowest BCUT2D eigenvalue weighted by Crippen LogP contribution is -2.43. The van der Waals surface area contributed by atoms with Gasteiger partial charge in [-0.15, -0.1) is 0 Å². The van der Waals surface area contributed by atoms with Crippen LogP contribution in [0.2, 0.25) is 0 Å². The molecule has 1 heterocycles. The van der Waals surface area contributed by atoms with Crippen molar-refractivity contribution in [2.75, 3.05) is 18.8 Å². The summed E-state index contributed by atoms with van der Waals surface area (Å²) in [6, 6.07) is 12.4. The summed E-state index contributed by atoms with van der Waals surface area (Å²) in [4.78, 5) is 41.3. The van der Waals surface area contributed by atoms with Crippen molar-refractivity contribution in [2.45, 2.75) is 18.9 Å². The van der Waals surface area contributed by atoms with Gasteiger partial charge in [-0.25, -0.2) is 14.6 Å². The van der Waals surface area contributed by atoms with Crippen LogP contribution in [0.15, 0.2) is 42.5 Å². The Labute approximate surface area is 183 Å². The molecule has 3 rings (SSSR count). The second-order valence-corrected chi connectivity index (χ2v) is 7.17. The number of anilines is 1. The van der Waals surface area contributed by atoms with Gasteiger partial charge < -0.3 is 36.9 Å². The zero-order valence-corrected chi connectivity index (χ0v) is 17.1. The molecule has 0 aliphatic carbocycles. The van der Waals surface area contributed by atoms with Gasteiger partial charge in [0.1, 0.15) is 0 Å². The smallest absolute Gasteiger partial charge is 0.404 e. The third-order valence-electron chi connectivity index (χ3n) is 4.78. The van der Waals surface area contributed by atoms with E-state index in [-0.39, 0.29) is 18.9 Å². The number of nitrogens with zero attached hydrogens (tertiary/aromatic N) is 1. The Kier molecular flexibility index (Phi) is 7.11. The molecular weight excluding hydrogens is 416 g/mol. The number of hydrogen-bond donors (Lipinski definition) is 7. The molecule has 11 heteroatoms. The van der Waals surface area contributed by atoms with Crippen LogP contribution in [-0.2, 0) is 0 Å². The van der Waals surface area contributed by atoms with Crippen LogP contribution >= 0.6 is 0 Å². The zero-order valence-electron chi connectivity index (χ0n) is 17.1. The predicted octanol–water partition coefficient (Wildman–Crippen LogP) is 2.23. The van der Waals surface area contributed by atoms with E-state index in [2.05, 4.69) is 25.9 Å². The van der Waals surface area contributed by atoms with Crippen LogP contribution in [0, 0.1) is 0 Å². The minimum Gasteiger partial charge on any atom is -0.465 e. The van der Waals surface area contributed by atoms with Gasteiger partial charge in [-0.05, 0) is 48.2 Å². The van der Waals surface area contributed by atoms with Crippen LogP contribution < -0.4 is 21.7 Å². The average molecular weight is 440 g/mol. The lowest BCUT2D eigenvalue weighted by molar-refractivity contribution is 0.0938. The number of imidazole rings is 1. The molecule has 1 aromatic heterocycles. The Morgan fingerprint density at radius 3 is 2.41 bits per heavy atom. The number of hydrogen-bond acceptors (Lipinski definition) is 5. The van der Waals surface area contributed by atoms with Crippen LogP contribution in [0.3, 0.4) is 0 Å². The van der Waals surface area contributed by atoms with E-state index in [1.807, 2.05) is 36.4 Å². The van der Waals surface area contributed by atoms with Gasteiger partial charge >= 0.3 is 12.2 Å². The molecule has 0 radical (unpaired) electrons. The Morgan fingerprint density at radius 2 is 1.72 bits per heavy atom. The third-order valence-corrected chi connectivity index (χ3v) is 4.78. The van der Waals surface area contributed by atoms with Gasteiger partial charge in [0, 0.05) is 24.8 Å². The lowest BCUT2D eigenvalue weighted by Gasteiger charge is -2.17. The van der Waals surface area contributed by atoms with E-state index in [4.69, 9.17) is 15.9 Å². The van der Waals surface area contributed by atoms with Gasteiger partial charge in [0.2, 0.25) is 0 Å². The number of nitrogens with one attached hydrogen (secondary N) is 4. The van der Waals surface area contributed by atoms with Gasteiger partial charge in [-0.2, -0.15) is 0 Å². The Bertz CT molecular complexity index is 1110. The van der Waals surface area contributed by atoms with E-state index in [1.54, 1.807) is 6.07 Å². The maximum atomic E-state index is 12.5. The first-order valence-corrected chi connectivity index (χ1v) is 9.92. The number of carboxylic acid groups (broad SMARTS) is 2. The quantitative estimate of drug-likeness (QED) is 0.196. The van der Waals surface area contributed by atoms with Gasteiger partial charge in [0.15, 0.2) is 5.82 Å². The highest BCUT2D eigenvalue weighted by molar-refractivity contribution is 5.95. The fraction of sp³-hybridized carbons (Fsp3) is 0.238. The monoisotopic (exact) mass is 440 g/mol. The molecule has 1 atom stereocenters. The van der Waals surface area contributed by atoms with Crippen molar-refractivity contribution in [1.82, 2.24) is 25.9 Å². The topological polar surface area (TPSA) is 182 Å². The van der Waals surface area contributed by atoms with Crippen molar-refractivity contribution < 1.29 is 24.6 Å². The van der Waals surface area contributed by atoms with Crippen molar-refractivity contribution in [3.63, 3.8) is 0 Å². The normalized spacial score (nSPS) is 11.6. The molecule has 3 aromatic rings. The first-order chi connectivity index (χ1) is 15.3. The second kappa shape index (κ2) is 10.2. The molecule has 11 nitrogen and oxygen atoms in total. The number of H-pyrrole nitrogens is 1. The van der Waals surface area contributed by atoms with Gasteiger partial charge in [-0.3, -0.25) is 4.79 Å². The summed E-state index contributed by atoms with van der Waals surface area (Å²) in [6.45, 7) is 0.215. The molecule has 32 heavy (non-hydrogen) atoms. The van der Waals surface area contributed by atoms with E-state index in [1.165, 1.54) is 0 Å². The molecule has 0 saturated carbocycles. The molecule has 0 spiro atoms. The fourth-order valence-electron chi connectivity index (χ4n) is 3.22. The van der Waals surface area contributed by atoms with E-state index in [9.17, 15) is 14.4 Å². The number of nitrogens with two attached hydrogens (primary N) is 1.